The van der Waals surface area contributed by atoms with Crippen molar-refractivity contribution in [3.05, 3.63) is 46.8 Å². The molecule has 2 amide bonds. The molecule has 0 fully saturated rings. The molecule has 1 aliphatic heterocycles. The normalized spacial score (nSPS) is 13.3. The number of fused-ring (bicyclic) bond motifs is 1. The largest absolute Gasteiger partial charge is 0.378 e. The van der Waals surface area contributed by atoms with Crippen molar-refractivity contribution in [2.24, 2.45) is 0 Å². The molecule has 0 saturated carbocycles. The number of aromatic amines is 1. The summed E-state index contributed by atoms with van der Waals surface area (Å²) in [5.74, 6) is -0.117. The maximum absolute atomic E-state index is 12.6. The summed E-state index contributed by atoms with van der Waals surface area (Å²) < 4.78 is 0. The number of aromatic nitrogens is 2. The van der Waals surface area contributed by atoms with Crippen LogP contribution in [0.25, 0.3) is 0 Å². The topological polar surface area (TPSA) is 81.3 Å². The van der Waals surface area contributed by atoms with Gasteiger partial charge in [-0.1, -0.05) is 12.1 Å². The summed E-state index contributed by atoms with van der Waals surface area (Å²) in [6, 6.07) is 8.26. The minimum absolute atomic E-state index is 0.108. The summed E-state index contributed by atoms with van der Waals surface area (Å²) in [4.78, 5) is 28.4. The summed E-state index contributed by atoms with van der Waals surface area (Å²) in [7, 11) is 5.59. The first-order valence-electron chi connectivity index (χ1n) is 8.82. The molecule has 7 heteroatoms. The molecule has 26 heavy (non-hydrogen) atoms. The summed E-state index contributed by atoms with van der Waals surface area (Å²) >= 11 is 0. The standard InChI is InChI=1S/C19H25N5O2/c1-20-19(26)18-15-12-24(11-10-16(15)21-22-18)17(25)9-6-13-4-7-14(8-5-13)23(2)3/h4-5,7-8H,6,9-12H2,1-3H3,(H,20,26)(H,21,22). The molecule has 1 aromatic carbocycles. The molecule has 3 rings (SSSR count). The van der Waals surface area contributed by atoms with Gasteiger partial charge in [0.05, 0.1) is 0 Å². The van der Waals surface area contributed by atoms with Crippen LogP contribution in [0.1, 0.15) is 33.7 Å². The molecule has 138 valence electrons. The molecule has 0 aliphatic carbocycles. The fraction of sp³-hybridized carbons (Fsp3) is 0.421. The van der Waals surface area contributed by atoms with Crippen molar-refractivity contribution in [3.63, 3.8) is 0 Å². The van der Waals surface area contributed by atoms with E-state index >= 15 is 0 Å². The average Bonchev–Trinajstić information content (AvgIpc) is 3.09. The van der Waals surface area contributed by atoms with E-state index in [1.165, 1.54) is 0 Å². The molecule has 0 radical (unpaired) electrons. The quantitative estimate of drug-likeness (QED) is 0.848. The van der Waals surface area contributed by atoms with Crippen LogP contribution in [0.5, 0.6) is 0 Å². The van der Waals surface area contributed by atoms with Gasteiger partial charge in [-0.3, -0.25) is 14.7 Å². The Kier molecular flexibility index (Phi) is 5.25. The Morgan fingerprint density at radius 3 is 2.65 bits per heavy atom. The minimum atomic E-state index is -0.224. The Labute approximate surface area is 153 Å². The van der Waals surface area contributed by atoms with Crippen LogP contribution < -0.4 is 10.2 Å². The molecule has 0 atom stereocenters. The Hall–Kier alpha value is -2.83. The predicted octanol–water partition coefficient (Wildman–Crippen LogP) is 1.35. The fourth-order valence-corrected chi connectivity index (χ4v) is 3.18. The lowest BCUT2D eigenvalue weighted by Gasteiger charge is -2.27. The van der Waals surface area contributed by atoms with E-state index in [4.69, 9.17) is 0 Å². The zero-order valence-corrected chi connectivity index (χ0v) is 15.5. The minimum Gasteiger partial charge on any atom is -0.378 e. The average molecular weight is 355 g/mol. The predicted molar refractivity (Wildman–Crippen MR) is 100 cm³/mol. The molecule has 0 bridgehead atoms. The molecule has 0 unspecified atom stereocenters. The van der Waals surface area contributed by atoms with E-state index in [2.05, 4.69) is 44.7 Å². The number of nitrogens with one attached hydrogen (secondary N) is 2. The van der Waals surface area contributed by atoms with E-state index in [1.807, 2.05) is 19.0 Å². The van der Waals surface area contributed by atoms with Crippen LogP contribution in [0.3, 0.4) is 0 Å². The molecule has 0 spiro atoms. The first kappa shape index (κ1) is 18.0. The first-order chi connectivity index (χ1) is 12.5. The van der Waals surface area contributed by atoms with Crippen LogP contribution in [0.4, 0.5) is 5.69 Å². The highest BCUT2D eigenvalue weighted by molar-refractivity contribution is 5.94. The third-order valence-corrected chi connectivity index (χ3v) is 4.81. The van der Waals surface area contributed by atoms with E-state index in [9.17, 15) is 9.59 Å². The zero-order chi connectivity index (χ0) is 18.7. The number of rotatable bonds is 5. The Morgan fingerprint density at radius 1 is 1.27 bits per heavy atom. The van der Waals surface area contributed by atoms with Gasteiger partial charge < -0.3 is 15.1 Å². The van der Waals surface area contributed by atoms with Crippen LogP contribution in [-0.2, 0) is 24.2 Å². The van der Waals surface area contributed by atoms with Crippen molar-refractivity contribution in [1.29, 1.82) is 0 Å². The lowest BCUT2D eigenvalue weighted by atomic mass is 10.0. The van der Waals surface area contributed by atoms with Crippen molar-refractivity contribution in [3.8, 4) is 0 Å². The number of hydrogen-bond acceptors (Lipinski definition) is 4. The number of carbonyl (C=O) groups is 2. The Bertz CT molecular complexity index is 795. The molecule has 2 heterocycles. The highest BCUT2D eigenvalue weighted by atomic mass is 16.2. The van der Waals surface area contributed by atoms with Crippen LogP contribution >= 0.6 is 0 Å². The second-order valence-corrected chi connectivity index (χ2v) is 6.73. The summed E-state index contributed by atoms with van der Waals surface area (Å²) in [6.07, 6.45) is 1.87. The number of H-pyrrole nitrogens is 1. The van der Waals surface area contributed by atoms with Crippen LogP contribution in [-0.4, -0.2) is 54.6 Å². The van der Waals surface area contributed by atoms with Gasteiger partial charge in [0.15, 0.2) is 5.69 Å². The van der Waals surface area contributed by atoms with E-state index in [1.54, 1.807) is 7.05 Å². The highest BCUT2D eigenvalue weighted by Crippen LogP contribution is 2.21. The molecule has 1 aromatic heterocycles. The molecular formula is C19H25N5O2. The number of amides is 2. The first-order valence-corrected chi connectivity index (χ1v) is 8.82. The van der Waals surface area contributed by atoms with Gasteiger partial charge in [0.25, 0.3) is 5.91 Å². The van der Waals surface area contributed by atoms with Gasteiger partial charge in [-0.05, 0) is 24.1 Å². The maximum Gasteiger partial charge on any atom is 0.271 e. The zero-order valence-electron chi connectivity index (χ0n) is 15.5. The molecule has 1 aliphatic rings. The fourth-order valence-electron chi connectivity index (χ4n) is 3.18. The van der Waals surface area contributed by atoms with E-state index in [0.717, 1.165) is 22.5 Å². The number of carbonyl (C=O) groups excluding carboxylic acids is 2. The SMILES string of the molecule is CNC(=O)c1n[nH]c2c1CN(C(=O)CCc1ccc(N(C)C)cc1)CC2. The lowest BCUT2D eigenvalue weighted by Crippen LogP contribution is -2.36. The summed E-state index contributed by atoms with van der Waals surface area (Å²) in [5.41, 5.74) is 4.46. The number of anilines is 1. The highest BCUT2D eigenvalue weighted by Gasteiger charge is 2.27. The molecular weight excluding hydrogens is 330 g/mol. The van der Waals surface area contributed by atoms with Crippen molar-refractivity contribution < 1.29 is 9.59 Å². The number of hydrogen-bond donors (Lipinski definition) is 2. The lowest BCUT2D eigenvalue weighted by molar-refractivity contribution is -0.132. The number of nitrogens with zero attached hydrogens (tertiary/aromatic N) is 3. The molecule has 0 saturated heterocycles. The van der Waals surface area contributed by atoms with E-state index in [0.29, 0.717) is 38.0 Å². The summed E-state index contributed by atoms with van der Waals surface area (Å²) in [5, 5.41) is 9.61. The second-order valence-electron chi connectivity index (χ2n) is 6.73. The number of aryl methyl sites for hydroxylation is 1. The number of benzene rings is 1. The molecule has 2 aromatic rings. The van der Waals surface area contributed by atoms with Gasteiger partial charge in [-0.15, -0.1) is 0 Å². The van der Waals surface area contributed by atoms with E-state index < -0.39 is 0 Å². The smallest absolute Gasteiger partial charge is 0.271 e. The van der Waals surface area contributed by atoms with Crippen molar-refractivity contribution in [2.75, 3.05) is 32.6 Å². The second kappa shape index (κ2) is 7.59. The van der Waals surface area contributed by atoms with Crippen LogP contribution in [0.15, 0.2) is 24.3 Å². The molecule has 2 N–H and O–H groups in total. The van der Waals surface area contributed by atoms with Gasteiger partial charge in [0, 0.05) is 64.0 Å². The van der Waals surface area contributed by atoms with Crippen LogP contribution in [0, 0.1) is 0 Å². The van der Waals surface area contributed by atoms with Gasteiger partial charge in [-0.2, -0.15) is 5.10 Å². The Morgan fingerprint density at radius 2 is 2.00 bits per heavy atom. The summed E-state index contributed by atoms with van der Waals surface area (Å²) in [6.45, 7) is 1.09. The Balaban J connectivity index is 1.61. The van der Waals surface area contributed by atoms with Gasteiger partial charge in [-0.25, -0.2) is 0 Å². The third-order valence-electron chi connectivity index (χ3n) is 4.81. The monoisotopic (exact) mass is 355 g/mol. The van der Waals surface area contributed by atoms with E-state index in [-0.39, 0.29) is 11.8 Å². The van der Waals surface area contributed by atoms with Gasteiger partial charge in [0.2, 0.25) is 5.91 Å². The maximum atomic E-state index is 12.6. The van der Waals surface area contributed by atoms with Gasteiger partial charge in [0.1, 0.15) is 0 Å². The third kappa shape index (κ3) is 3.71. The van der Waals surface area contributed by atoms with Crippen molar-refractivity contribution in [2.45, 2.75) is 25.8 Å². The molecule has 7 nitrogen and oxygen atoms in total. The van der Waals surface area contributed by atoms with Crippen LogP contribution in [0.2, 0.25) is 0 Å². The van der Waals surface area contributed by atoms with Crippen molar-refractivity contribution >= 4 is 17.5 Å². The van der Waals surface area contributed by atoms with Crippen molar-refractivity contribution in [1.82, 2.24) is 20.4 Å². The van der Waals surface area contributed by atoms with Gasteiger partial charge >= 0.3 is 0 Å².